The van der Waals surface area contributed by atoms with Crippen molar-refractivity contribution in [2.45, 2.75) is 24.5 Å². The summed E-state index contributed by atoms with van der Waals surface area (Å²) in [7, 11) is -2.04. The molecule has 1 aromatic heterocycles. The van der Waals surface area contributed by atoms with Crippen LogP contribution in [0.5, 0.6) is 0 Å². The average molecular weight is 413 g/mol. The van der Waals surface area contributed by atoms with Gasteiger partial charge in [0.05, 0.1) is 11.4 Å². The van der Waals surface area contributed by atoms with Gasteiger partial charge in [0.15, 0.2) is 5.96 Å². The maximum absolute atomic E-state index is 11.5. The molecule has 8 nitrogen and oxygen atoms in total. The van der Waals surface area contributed by atoms with E-state index in [1.165, 1.54) is 11.6 Å². The number of hydrogen-bond acceptors (Lipinski definition) is 4. The Morgan fingerprint density at radius 2 is 1.83 bits per heavy atom. The Labute approximate surface area is 170 Å². The molecule has 0 spiro atoms. The van der Waals surface area contributed by atoms with Gasteiger partial charge in [-0.05, 0) is 34.9 Å². The topological polar surface area (TPSA) is 114 Å². The summed E-state index contributed by atoms with van der Waals surface area (Å²) in [5, 5.41) is 15.9. The normalized spacial score (nSPS) is 12.0. The molecule has 4 N–H and O–H groups in total. The molecule has 2 aromatic carbocycles. The van der Waals surface area contributed by atoms with E-state index in [-0.39, 0.29) is 4.90 Å². The molecular formula is C20H24N6O2S. The van der Waals surface area contributed by atoms with E-state index in [2.05, 4.69) is 32.9 Å². The van der Waals surface area contributed by atoms with Gasteiger partial charge in [0.2, 0.25) is 10.0 Å². The molecule has 0 aliphatic carbocycles. The smallest absolute Gasteiger partial charge is 0.238 e. The molecule has 0 amide bonds. The fraction of sp³-hybridized carbons (Fsp3) is 0.200. The Kier molecular flexibility index (Phi) is 6.63. The van der Waals surface area contributed by atoms with Crippen molar-refractivity contribution in [3.05, 3.63) is 83.7 Å². The second-order valence-electron chi connectivity index (χ2n) is 6.44. The summed E-state index contributed by atoms with van der Waals surface area (Å²) in [4.78, 5) is 4.32. The highest BCUT2D eigenvalue weighted by atomic mass is 32.2. The van der Waals surface area contributed by atoms with Crippen LogP contribution in [0, 0.1) is 0 Å². The first kappa shape index (κ1) is 20.6. The Bertz CT molecular complexity index is 1080. The van der Waals surface area contributed by atoms with E-state index < -0.39 is 10.0 Å². The van der Waals surface area contributed by atoms with Crippen molar-refractivity contribution in [2.24, 2.45) is 10.1 Å². The largest absolute Gasteiger partial charge is 0.352 e. The number of primary sulfonamides is 1. The number of sulfonamides is 1. The van der Waals surface area contributed by atoms with Crippen LogP contribution in [0.1, 0.15) is 16.7 Å². The number of benzene rings is 2. The quantitative estimate of drug-likeness (QED) is 0.401. The molecule has 0 aliphatic rings. The van der Waals surface area contributed by atoms with Crippen LogP contribution < -0.4 is 15.8 Å². The molecule has 3 aromatic rings. The zero-order chi connectivity index (χ0) is 20.7. The van der Waals surface area contributed by atoms with Gasteiger partial charge in [-0.1, -0.05) is 36.4 Å². The van der Waals surface area contributed by atoms with Gasteiger partial charge in [0, 0.05) is 32.5 Å². The Morgan fingerprint density at radius 3 is 2.52 bits per heavy atom. The number of hydrogen-bond donors (Lipinski definition) is 3. The number of guanidine groups is 1. The second kappa shape index (κ2) is 9.35. The summed E-state index contributed by atoms with van der Waals surface area (Å²) in [6.45, 7) is 1.70. The predicted octanol–water partition coefficient (Wildman–Crippen LogP) is 1.44. The van der Waals surface area contributed by atoms with Crippen molar-refractivity contribution < 1.29 is 8.42 Å². The molecule has 29 heavy (non-hydrogen) atoms. The van der Waals surface area contributed by atoms with Crippen LogP contribution in [0.15, 0.2) is 76.9 Å². The summed E-state index contributed by atoms with van der Waals surface area (Å²) < 4.78 is 24.9. The van der Waals surface area contributed by atoms with Gasteiger partial charge in [-0.2, -0.15) is 5.10 Å². The summed E-state index contributed by atoms with van der Waals surface area (Å²) in [5.74, 6) is 0.611. The van der Waals surface area contributed by atoms with E-state index in [4.69, 9.17) is 5.14 Å². The van der Waals surface area contributed by atoms with Crippen LogP contribution >= 0.6 is 0 Å². The lowest BCUT2D eigenvalue weighted by atomic mass is 10.1. The SMILES string of the molecule is CN=C(NCc1cccc(S(N)(=O)=O)c1)NCc1ccccc1Cn1cccn1. The average Bonchev–Trinajstić information content (AvgIpc) is 3.22. The fourth-order valence-electron chi connectivity index (χ4n) is 2.87. The van der Waals surface area contributed by atoms with E-state index in [1.54, 1.807) is 25.4 Å². The molecule has 0 saturated heterocycles. The molecule has 0 saturated carbocycles. The van der Waals surface area contributed by atoms with Gasteiger partial charge in [0.25, 0.3) is 0 Å². The molecule has 9 heteroatoms. The number of aliphatic imine (C=N–C) groups is 1. The van der Waals surface area contributed by atoms with Gasteiger partial charge in [0.1, 0.15) is 0 Å². The van der Waals surface area contributed by atoms with Crippen LogP contribution in [0.25, 0.3) is 0 Å². The van der Waals surface area contributed by atoms with Crippen molar-refractivity contribution in [1.82, 2.24) is 20.4 Å². The summed E-state index contributed by atoms with van der Waals surface area (Å²) in [6.07, 6.45) is 3.69. The van der Waals surface area contributed by atoms with Crippen LogP contribution in [0.2, 0.25) is 0 Å². The van der Waals surface area contributed by atoms with Crippen molar-refractivity contribution >= 4 is 16.0 Å². The van der Waals surface area contributed by atoms with Crippen molar-refractivity contribution in [3.8, 4) is 0 Å². The number of aromatic nitrogens is 2. The number of nitrogens with two attached hydrogens (primary N) is 1. The molecule has 0 fully saturated rings. The summed E-state index contributed by atoms with van der Waals surface area (Å²) >= 11 is 0. The van der Waals surface area contributed by atoms with E-state index in [0.717, 1.165) is 11.1 Å². The Morgan fingerprint density at radius 1 is 1.07 bits per heavy atom. The Hall–Kier alpha value is -3.17. The van der Waals surface area contributed by atoms with Crippen molar-refractivity contribution in [3.63, 3.8) is 0 Å². The van der Waals surface area contributed by atoms with Gasteiger partial charge < -0.3 is 10.6 Å². The highest BCUT2D eigenvalue weighted by Gasteiger charge is 2.09. The highest BCUT2D eigenvalue weighted by Crippen LogP contribution is 2.11. The van der Waals surface area contributed by atoms with Crippen LogP contribution in [-0.2, 0) is 29.7 Å². The van der Waals surface area contributed by atoms with Crippen LogP contribution in [0.3, 0.4) is 0 Å². The lowest BCUT2D eigenvalue weighted by Crippen LogP contribution is -2.36. The van der Waals surface area contributed by atoms with Gasteiger partial charge in [-0.3, -0.25) is 9.67 Å². The minimum Gasteiger partial charge on any atom is -0.352 e. The molecule has 152 valence electrons. The first-order valence-corrected chi connectivity index (χ1v) is 10.6. The highest BCUT2D eigenvalue weighted by molar-refractivity contribution is 7.89. The molecule has 0 unspecified atom stereocenters. The van der Waals surface area contributed by atoms with Crippen LogP contribution in [-0.4, -0.2) is 31.2 Å². The lowest BCUT2D eigenvalue weighted by Gasteiger charge is -2.15. The maximum Gasteiger partial charge on any atom is 0.238 e. The molecule has 0 bridgehead atoms. The molecule has 1 heterocycles. The third-order valence-electron chi connectivity index (χ3n) is 4.37. The van der Waals surface area contributed by atoms with E-state index >= 15 is 0 Å². The standard InChI is InChI=1S/C20H24N6O2S/c1-22-20(23-13-16-6-4-9-19(12-16)29(21,27)28)24-14-17-7-2-3-8-18(17)15-26-11-5-10-25-26/h2-12H,13-15H2,1H3,(H2,21,27,28)(H2,22,23,24). The number of nitrogens with one attached hydrogen (secondary N) is 2. The maximum atomic E-state index is 11.5. The first-order valence-electron chi connectivity index (χ1n) is 9.06. The van der Waals surface area contributed by atoms with Gasteiger partial charge >= 0.3 is 0 Å². The van der Waals surface area contributed by atoms with Gasteiger partial charge in [-0.15, -0.1) is 0 Å². The minimum atomic E-state index is -3.72. The molecular weight excluding hydrogens is 388 g/mol. The van der Waals surface area contributed by atoms with E-state index in [9.17, 15) is 8.42 Å². The third kappa shape index (κ3) is 5.90. The van der Waals surface area contributed by atoms with E-state index in [0.29, 0.717) is 25.6 Å². The Balaban J connectivity index is 1.61. The molecule has 0 radical (unpaired) electrons. The fourth-order valence-corrected chi connectivity index (χ4v) is 3.45. The zero-order valence-electron chi connectivity index (χ0n) is 16.1. The third-order valence-corrected chi connectivity index (χ3v) is 5.28. The molecule has 0 aliphatic heterocycles. The number of nitrogens with zero attached hydrogens (tertiary/aromatic N) is 3. The number of rotatable bonds is 7. The van der Waals surface area contributed by atoms with Gasteiger partial charge in [-0.25, -0.2) is 13.6 Å². The summed E-state index contributed by atoms with van der Waals surface area (Å²) in [6, 6.07) is 16.6. The first-order chi connectivity index (χ1) is 14.0. The van der Waals surface area contributed by atoms with Crippen molar-refractivity contribution in [1.29, 1.82) is 0 Å². The lowest BCUT2D eigenvalue weighted by molar-refractivity contribution is 0.597. The predicted molar refractivity (Wildman–Crippen MR) is 113 cm³/mol. The zero-order valence-corrected chi connectivity index (χ0v) is 16.9. The second-order valence-corrected chi connectivity index (χ2v) is 8.01. The van der Waals surface area contributed by atoms with Crippen molar-refractivity contribution in [2.75, 3.05) is 7.05 Å². The van der Waals surface area contributed by atoms with E-state index in [1.807, 2.05) is 35.1 Å². The minimum absolute atomic E-state index is 0.0901. The molecule has 0 atom stereocenters. The monoisotopic (exact) mass is 412 g/mol. The molecule has 3 rings (SSSR count). The summed E-state index contributed by atoms with van der Waals surface area (Å²) in [5.41, 5.74) is 3.10. The van der Waals surface area contributed by atoms with Crippen LogP contribution in [0.4, 0.5) is 0 Å².